The van der Waals surface area contributed by atoms with Gasteiger partial charge in [0.1, 0.15) is 0 Å². The van der Waals surface area contributed by atoms with Crippen LogP contribution in [0.1, 0.15) is 30.1 Å². The molecule has 0 saturated heterocycles. The van der Waals surface area contributed by atoms with Crippen molar-refractivity contribution >= 4 is 33.5 Å². The summed E-state index contributed by atoms with van der Waals surface area (Å²) in [6.45, 7) is 3.03. The fourth-order valence-electron chi connectivity index (χ4n) is 1.50. The van der Waals surface area contributed by atoms with Crippen LogP contribution in [0.2, 0.25) is 0 Å². The third-order valence-corrected chi connectivity index (χ3v) is 2.88. The number of anilines is 1. The highest BCUT2D eigenvalue weighted by Gasteiger charge is 2.12. The van der Waals surface area contributed by atoms with E-state index in [2.05, 4.69) is 21.2 Å². The van der Waals surface area contributed by atoms with E-state index < -0.39 is 5.97 Å². The summed E-state index contributed by atoms with van der Waals surface area (Å²) in [7, 11) is 0. The lowest BCUT2D eigenvalue weighted by Gasteiger charge is -2.09. The van der Waals surface area contributed by atoms with E-state index in [0.29, 0.717) is 36.2 Å². The van der Waals surface area contributed by atoms with Gasteiger partial charge in [0.05, 0.1) is 11.3 Å². The Balaban J connectivity index is 2.62. The largest absolute Gasteiger partial charge is 0.478 e. The lowest BCUT2D eigenvalue weighted by atomic mass is 10.1. The molecular formula is C13H16BrNO4. The number of amides is 1. The Bertz CT molecular complexity index is 462. The van der Waals surface area contributed by atoms with E-state index in [1.807, 2.05) is 6.92 Å². The van der Waals surface area contributed by atoms with Gasteiger partial charge in [-0.15, -0.1) is 0 Å². The number of aromatic carboxylic acids is 1. The van der Waals surface area contributed by atoms with Gasteiger partial charge in [-0.25, -0.2) is 4.79 Å². The van der Waals surface area contributed by atoms with Crippen molar-refractivity contribution in [1.29, 1.82) is 0 Å². The van der Waals surface area contributed by atoms with E-state index in [9.17, 15) is 9.59 Å². The number of rotatable bonds is 7. The predicted octanol–water partition coefficient (Wildman–Crippen LogP) is 2.90. The Hall–Kier alpha value is -1.40. The molecule has 0 unspecified atom stereocenters. The summed E-state index contributed by atoms with van der Waals surface area (Å²) in [5.74, 6) is -1.29. The molecule has 0 aliphatic rings. The average Bonchev–Trinajstić information content (AvgIpc) is 2.34. The molecule has 19 heavy (non-hydrogen) atoms. The van der Waals surface area contributed by atoms with Crippen LogP contribution in [0.3, 0.4) is 0 Å². The Morgan fingerprint density at radius 3 is 2.79 bits per heavy atom. The molecule has 2 N–H and O–H groups in total. The number of benzene rings is 1. The van der Waals surface area contributed by atoms with Gasteiger partial charge in [-0.1, -0.05) is 15.9 Å². The summed E-state index contributed by atoms with van der Waals surface area (Å²) in [4.78, 5) is 22.7. The SMILES string of the molecule is CCOCCCC(=O)Nc1cc(Br)ccc1C(=O)O. The molecule has 1 amide bonds. The summed E-state index contributed by atoms with van der Waals surface area (Å²) in [5.41, 5.74) is 0.365. The van der Waals surface area contributed by atoms with Crippen LogP contribution < -0.4 is 5.32 Å². The molecule has 0 fully saturated rings. The quantitative estimate of drug-likeness (QED) is 0.754. The lowest BCUT2D eigenvalue weighted by Crippen LogP contribution is -2.15. The zero-order valence-electron chi connectivity index (χ0n) is 10.6. The molecule has 0 spiro atoms. The van der Waals surface area contributed by atoms with E-state index in [0.717, 1.165) is 0 Å². The second-order valence-corrected chi connectivity index (χ2v) is 4.76. The van der Waals surface area contributed by atoms with Crippen molar-refractivity contribution in [2.45, 2.75) is 19.8 Å². The van der Waals surface area contributed by atoms with Crippen LogP contribution in [0, 0.1) is 0 Å². The molecule has 0 atom stereocenters. The Morgan fingerprint density at radius 1 is 1.42 bits per heavy atom. The predicted molar refractivity (Wildman–Crippen MR) is 75.5 cm³/mol. The molecule has 104 valence electrons. The standard InChI is InChI=1S/C13H16BrNO4/c1-2-19-7-3-4-12(16)15-11-8-9(14)5-6-10(11)13(17)18/h5-6,8H,2-4,7H2,1H3,(H,15,16)(H,17,18). The van der Waals surface area contributed by atoms with E-state index in [4.69, 9.17) is 9.84 Å². The van der Waals surface area contributed by atoms with Crippen molar-refractivity contribution in [2.75, 3.05) is 18.5 Å². The summed E-state index contributed by atoms with van der Waals surface area (Å²) < 4.78 is 5.84. The molecule has 0 aromatic heterocycles. The molecular weight excluding hydrogens is 314 g/mol. The van der Waals surface area contributed by atoms with Crippen molar-refractivity contribution in [3.05, 3.63) is 28.2 Å². The van der Waals surface area contributed by atoms with Crippen LogP contribution in [0.15, 0.2) is 22.7 Å². The first-order chi connectivity index (χ1) is 9.04. The minimum Gasteiger partial charge on any atom is -0.478 e. The number of hydrogen-bond acceptors (Lipinski definition) is 3. The summed E-state index contributed by atoms with van der Waals surface area (Å²) in [6.07, 6.45) is 0.904. The van der Waals surface area contributed by atoms with Gasteiger partial charge in [0.2, 0.25) is 5.91 Å². The molecule has 0 saturated carbocycles. The number of carbonyl (C=O) groups is 2. The number of hydrogen-bond donors (Lipinski definition) is 2. The fraction of sp³-hybridized carbons (Fsp3) is 0.385. The van der Waals surface area contributed by atoms with Gasteiger partial charge in [0.25, 0.3) is 0 Å². The normalized spacial score (nSPS) is 10.2. The average molecular weight is 330 g/mol. The highest BCUT2D eigenvalue weighted by molar-refractivity contribution is 9.10. The number of halogens is 1. The molecule has 5 nitrogen and oxygen atoms in total. The summed E-state index contributed by atoms with van der Waals surface area (Å²) in [5, 5.41) is 11.6. The number of carbonyl (C=O) groups excluding carboxylic acids is 1. The van der Waals surface area contributed by atoms with E-state index >= 15 is 0 Å². The fourth-order valence-corrected chi connectivity index (χ4v) is 1.86. The van der Waals surface area contributed by atoms with Gasteiger partial charge in [-0.3, -0.25) is 4.79 Å². The summed E-state index contributed by atoms with van der Waals surface area (Å²) in [6, 6.07) is 4.64. The van der Waals surface area contributed by atoms with E-state index in [1.165, 1.54) is 6.07 Å². The molecule has 0 aliphatic carbocycles. The van der Waals surface area contributed by atoms with Gasteiger partial charge in [0.15, 0.2) is 0 Å². The van der Waals surface area contributed by atoms with Gasteiger partial charge in [0, 0.05) is 24.1 Å². The Kier molecular flexibility index (Phi) is 6.52. The number of nitrogens with one attached hydrogen (secondary N) is 1. The molecule has 1 aromatic carbocycles. The Labute approximate surface area is 120 Å². The molecule has 1 rings (SSSR count). The van der Waals surface area contributed by atoms with E-state index in [1.54, 1.807) is 12.1 Å². The first kappa shape index (κ1) is 15.7. The third kappa shape index (κ3) is 5.40. The first-order valence-electron chi connectivity index (χ1n) is 5.95. The van der Waals surface area contributed by atoms with Gasteiger partial charge < -0.3 is 15.2 Å². The molecule has 0 aliphatic heterocycles. The minimum atomic E-state index is -1.07. The molecule has 0 heterocycles. The number of carboxylic acids is 1. The summed E-state index contributed by atoms with van der Waals surface area (Å²) >= 11 is 3.24. The third-order valence-electron chi connectivity index (χ3n) is 2.38. The van der Waals surface area contributed by atoms with Gasteiger partial charge >= 0.3 is 5.97 Å². The van der Waals surface area contributed by atoms with Crippen molar-refractivity contribution in [2.24, 2.45) is 0 Å². The van der Waals surface area contributed by atoms with Gasteiger partial charge in [-0.2, -0.15) is 0 Å². The maximum atomic E-state index is 11.7. The lowest BCUT2D eigenvalue weighted by molar-refractivity contribution is -0.116. The molecule has 0 radical (unpaired) electrons. The van der Waals surface area contributed by atoms with E-state index in [-0.39, 0.29) is 11.5 Å². The van der Waals surface area contributed by atoms with Crippen LogP contribution in [0.25, 0.3) is 0 Å². The van der Waals surface area contributed by atoms with Crippen molar-refractivity contribution in [3.8, 4) is 0 Å². The second-order valence-electron chi connectivity index (χ2n) is 3.84. The second kappa shape index (κ2) is 7.91. The minimum absolute atomic E-state index is 0.0707. The first-order valence-corrected chi connectivity index (χ1v) is 6.74. The number of carboxylic acid groups (broad SMARTS) is 1. The van der Waals surface area contributed by atoms with Crippen LogP contribution >= 0.6 is 15.9 Å². The monoisotopic (exact) mass is 329 g/mol. The zero-order valence-corrected chi connectivity index (χ0v) is 12.2. The molecule has 6 heteroatoms. The van der Waals surface area contributed by atoms with Crippen molar-refractivity contribution in [1.82, 2.24) is 0 Å². The van der Waals surface area contributed by atoms with Crippen molar-refractivity contribution in [3.63, 3.8) is 0 Å². The highest BCUT2D eigenvalue weighted by Crippen LogP contribution is 2.21. The maximum Gasteiger partial charge on any atom is 0.337 e. The van der Waals surface area contributed by atoms with Crippen molar-refractivity contribution < 1.29 is 19.4 Å². The topological polar surface area (TPSA) is 75.6 Å². The van der Waals surface area contributed by atoms with Gasteiger partial charge in [-0.05, 0) is 31.5 Å². The van der Waals surface area contributed by atoms with Crippen LogP contribution in [0.5, 0.6) is 0 Å². The molecule has 1 aromatic rings. The smallest absolute Gasteiger partial charge is 0.337 e. The number of ether oxygens (including phenoxy) is 1. The molecule has 0 bridgehead atoms. The highest BCUT2D eigenvalue weighted by atomic mass is 79.9. The van der Waals surface area contributed by atoms with Crippen LogP contribution in [-0.2, 0) is 9.53 Å². The van der Waals surface area contributed by atoms with Crippen LogP contribution in [-0.4, -0.2) is 30.2 Å². The Morgan fingerprint density at radius 2 is 2.16 bits per heavy atom. The maximum absolute atomic E-state index is 11.7. The zero-order chi connectivity index (χ0) is 14.3. The van der Waals surface area contributed by atoms with Crippen LogP contribution in [0.4, 0.5) is 5.69 Å².